The lowest BCUT2D eigenvalue weighted by Gasteiger charge is -2.27. The molecule has 1 fully saturated rings. The number of nitrogens with zero attached hydrogens (tertiary/aromatic N) is 2. The van der Waals surface area contributed by atoms with Crippen molar-refractivity contribution >= 4 is 17.4 Å². The quantitative estimate of drug-likeness (QED) is 0.338. The predicted octanol–water partition coefficient (Wildman–Crippen LogP) is 4.24. The Labute approximate surface area is 201 Å². The fourth-order valence-electron chi connectivity index (χ4n) is 3.91. The third kappa shape index (κ3) is 5.78. The average molecular weight is 467 g/mol. The number of likely N-dealkylation sites (N-methyl/N-ethyl adjacent to an activating group) is 1. The zero-order valence-electron chi connectivity index (χ0n) is 20.7. The van der Waals surface area contributed by atoms with Gasteiger partial charge in [0.25, 0.3) is 11.7 Å². The molecule has 7 nitrogen and oxygen atoms in total. The van der Waals surface area contributed by atoms with Gasteiger partial charge in [-0.1, -0.05) is 12.1 Å². The highest BCUT2D eigenvalue weighted by Gasteiger charge is 2.46. The van der Waals surface area contributed by atoms with Gasteiger partial charge in [0.1, 0.15) is 17.3 Å². The second-order valence-corrected chi connectivity index (χ2v) is 9.23. The first-order valence-electron chi connectivity index (χ1n) is 11.5. The molecule has 2 aromatic rings. The number of likely N-dealkylation sites (tertiary alicyclic amines) is 1. The SMILES string of the molecule is CC(C)Oc1ccc(/C(O)=C2/C(=O)C(=O)N(CCN(C)C)C2c2cccc(OC(C)C)c2)cc1. The number of ether oxygens (including phenoxy) is 2. The average Bonchev–Trinajstić information content (AvgIpc) is 3.02. The van der Waals surface area contributed by atoms with Crippen molar-refractivity contribution in [2.75, 3.05) is 27.2 Å². The molecule has 2 aromatic carbocycles. The van der Waals surface area contributed by atoms with Gasteiger partial charge >= 0.3 is 0 Å². The Morgan fingerprint density at radius 2 is 1.59 bits per heavy atom. The van der Waals surface area contributed by atoms with Crippen molar-refractivity contribution < 1.29 is 24.2 Å². The minimum atomic E-state index is -0.720. The van der Waals surface area contributed by atoms with Gasteiger partial charge in [-0.2, -0.15) is 0 Å². The highest BCUT2D eigenvalue weighted by Crippen LogP contribution is 2.40. The Kier molecular flexibility index (Phi) is 7.99. The van der Waals surface area contributed by atoms with Crippen LogP contribution < -0.4 is 9.47 Å². The summed E-state index contributed by atoms with van der Waals surface area (Å²) in [6.07, 6.45) is -0.0104. The summed E-state index contributed by atoms with van der Waals surface area (Å²) in [5, 5.41) is 11.2. The fourth-order valence-corrected chi connectivity index (χ4v) is 3.91. The van der Waals surface area contributed by atoms with Gasteiger partial charge in [0.05, 0.1) is 23.8 Å². The molecule has 1 N–H and O–H groups in total. The van der Waals surface area contributed by atoms with E-state index in [1.165, 1.54) is 4.90 Å². The topological polar surface area (TPSA) is 79.3 Å². The van der Waals surface area contributed by atoms with Crippen LogP contribution in [0.25, 0.3) is 5.76 Å². The first-order chi connectivity index (χ1) is 16.1. The molecule has 1 saturated heterocycles. The molecule has 0 spiro atoms. The van der Waals surface area contributed by atoms with Gasteiger partial charge in [-0.3, -0.25) is 9.59 Å². The molecule has 0 bridgehead atoms. The fraction of sp³-hybridized carbons (Fsp3) is 0.407. The van der Waals surface area contributed by atoms with E-state index >= 15 is 0 Å². The van der Waals surface area contributed by atoms with Crippen molar-refractivity contribution in [2.45, 2.75) is 45.9 Å². The van der Waals surface area contributed by atoms with Gasteiger partial charge in [0, 0.05) is 18.7 Å². The van der Waals surface area contributed by atoms with E-state index in [2.05, 4.69) is 0 Å². The Balaban J connectivity index is 2.09. The molecule has 0 saturated carbocycles. The summed E-state index contributed by atoms with van der Waals surface area (Å²) in [6, 6.07) is 13.5. The maximum atomic E-state index is 13.2. The zero-order chi connectivity index (χ0) is 25.0. The number of hydrogen-bond acceptors (Lipinski definition) is 6. The highest BCUT2D eigenvalue weighted by molar-refractivity contribution is 6.46. The summed E-state index contributed by atoms with van der Waals surface area (Å²) >= 11 is 0. The number of carbonyl (C=O) groups is 2. The third-order valence-corrected chi connectivity index (χ3v) is 5.37. The molecule has 1 amide bonds. The second kappa shape index (κ2) is 10.7. The molecule has 3 rings (SSSR count). The zero-order valence-corrected chi connectivity index (χ0v) is 20.7. The van der Waals surface area contributed by atoms with Gasteiger partial charge in [-0.05, 0) is 83.8 Å². The molecule has 0 aliphatic carbocycles. The molecular formula is C27H34N2O5. The number of ketones is 1. The van der Waals surface area contributed by atoms with E-state index in [0.29, 0.717) is 35.7 Å². The largest absolute Gasteiger partial charge is 0.507 e. The van der Waals surface area contributed by atoms with Crippen LogP contribution >= 0.6 is 0 Å². The van der Waals surface area contributed by atoms with Crippen molar-refractivity contribution in [3.63, 3.8) is 0 Å². The summed E-state index contributed by atoms with van der Waals surface area (Å²) < 4.78 is 11.5. The number of rotatable bonds is 9. The second-order valence-electron chi connectivity index (χ2n) is 9.23. The maximum Gasteiger partial charge on any atom is 0.295 e. The summed E-state index contributed by atoms with van der Waals surface area (Å²) in [6.45, 7) is 8.65. The van der Waals surface area contributed by atoms with E-state index in [1.807, 2.05) is 71.0 Å². The minimum absolute atomic E-state index is 0.0156. The maximum absolute atomic E-state index is 13.2. The molecule has 182 valence electrons. The van der Waals surface area contributed by atoms with Crippen LogP contribution in [0.2, 0.25) is 0 Å². The van der Waals surface area contributed by atoms with Gasteiger partial charge in [0.2, 0.25) is 0 Å². The van der Waals surface area contributed by atoms with E-state index in [1.54, 1.807) is 24.3 Å². The van der Waals surface area contributed by atoms with Crippen molar-refractivity contribution in [1.29, 1.82) is 0 Å². The standard InChI is InChI=1S/C27H34N2O5/c1-17(2)33-21-12-10-19(11-13-21)25(30)23-24(20-8-7-9-22(16-20)34-18(3)4)29(15-14-28(5)6)27(32)26(23)31/h7-13,16-18,24,30H,14-15H2,1-6H3/b25-23-. The number of aliphatic hydroxyl groups is 1. The summed E-state index contributed by atoms with van der Waals surface area (Å²) in [5.74, 6) is -0.224. The lowest BCUT2D eigenvalue weighted by Crippen LogP contribution is -2.35. The number of amides is 1. The normalized spacial score (nSPS) is 17.8. The van der Waals surface area contributed by atoms with Crippen molar-refractivity contribution in [3.05, 3.63) is 65.2 Å². The van der Waals surface area contributed by atoms with Crippen LogP contribution in [-0.4, -0.2) is 66.0 Å². The Morgan fingerprint density at radius 1 is 0.971 bits per heavy atom. The van der Waals surface area contributed by atoms with E-state index < -0.39 is 17.7 Å². The number of aliphatic hydroxyl groups excluding tert-OH is 1. The number of benzene rings is 2. The Hall–Kier alpha value is -3.32. The summed E-state index contributed by atoms with van der Waals surface area (Å²) in [7, 11) is 3.81. The van der Waals surface area contributed by atoms with Crippen LogP contribution in [0.4, 0.5) is 0 Å². The smallest absolute Gasteiger partial charge is 0.295 e. The van der Waals surface area contributed by atoms with Crippen molar-refractivity contribution in [2.24, 2.45) is 0 Å². The first kappa shape index (κ1) is 25.3. The molecule has 34 heavy (non-hydrogen) atoms. The molecule has 1 aliphatic rings. The first-order valence-corrected chi connectivity index (χ1v) is 11.5. The molecule has 7 heteroatoms. The van der Waals surface area contributed by atoms with Crippen LogP contribution in [0, 0.1) is 0 Å². The number of Topliss-reactive ketones (excluding diaryl/α,β-unsaturated/α-hetero) is 1. The molecule has 1 atom stereocenters. The van der Waals surface area contributed by atoms with Crippen LogP contribution in [-0.2, 0) is 9.59 Å². The Bertz CT molecular complexity index is 1060. The van der Waals surface area contributed by atoms with Crippen LogP contribution in [0.5, 0.6) is 11.5 Å². The summed E-state index contributed by atoms with van der Waals surface area (Å²) in [5.41, 5.74) is 1.22. The van der Waals surface area contributed by atoms with Gasteiger partial charge in [-0.25, -0.2) is 0 Å². The van der Waals surface area contributed by atoms with E-state index in [0.717, 1.165) is 0 Å². The van der Waals surface area contributed by atoms with Gasteiger partial charge in [0.15, 0.2) is 0 Å². The van der Waals surface area contributed by atoms with E-state index in [9.17, 15) is 14.7 Å². The molecule has 0 radical (unpaired) electrons. The molecular weight excluding hydrogens is 432 g/mol. The highest BCUT2D eigenvalue weighted by atomic mass is 16.5. The van der Waals surface area contributed by atoms with Crippen molar-refractivity contribution in [3.8, 4) is 11.5 Å². The lowest BCUT2D eigenvalue weighted by atomic mass is 9.95. The Morgan fingerprint density at radius 3 is 2.18 bits per heavy atom. The van der Waals surface area contributed by atoms with E-state index in [4.69, 9.17) is 9.47 Å². The summed E-state index contributed by atoms with van der Waals surface area (Å²) in [4.78, 5) is 29.7. The number of hydrogen-bond donors (Lipinski definition) is 1. The van der Waals surface area contributed by atoms with Crippen molar-refractivity contribution in [1.82, 2.24) is 9.80 Å². The monoisotopic (exact) mass is 466 g/mol. The molecule has 1 heterocycles. The molecule has 1 unspecified atom stereocenters. The minimum Gasteiger partial charge on any atom is -0.507 e. The molecule has 0 aromatic heterocycles. The van der Waals surface area contributed by atoms with Crippen LogP contribution in [0.1, 0.15) is 44.9 Å². The van der Waals surface area contributed by atoms with Gasteiger partial charge < -0.3 is 24.4 Å². The predicted molar refractivity (Wildman–Crippen MR) is 132 cm³/mol. The lowest BCUT2D eigenvalue weighted by molar-refractivity contribution is -0.140. The van der Waals surface area contributed by atoms with Gasteiger partial charge in [-0.15, -0.1) is 0 Å². The van der Waals surface area contributed by atoms with Crippen LogP contribution in [0.3, 0.4) is 0 Å². The number of carbonyl (C=O) groups excluding carboxylic acids is 2. The third-order valence-electron chi connectivity index (χ3n) is 5.37. The van der Waals surface area contributed by atoms with Crippen LogP contribution in [0.15, 0.2) is 54.1 Å². The van der Waals surface area contributed by atoms with E-state index in [-0.39, 0.29) is 23.5 Å². The molecule has 1 aliphatic heterocycles.